The lowest BCUT2D eigenvalue weighted by Gasteiger charge is -2.30. The Morgan fingerprint density at radius 3 is 1.93 bits per heavy atom. The maximum Gasteiger partial charge on any atom is 0.326 e. The number of thiol groups is 1. The van der Waals surface area contributed by atoms with E-state index in [2.05, 4.69) is 12.6 Å². The summed E-state index contributed by atoms with van der Waals surface area (Å²) in [5.74, 6) is -1.38. The fourth-order valence-corrected chi connectivity index (χ4v) is 3.71. The molecule has 0 fully saturated rings. The number of anilines is 1. The Labute approximate surface area is 182 Å². The van der Waals surface area contributed by atoms with Crippen molar-refractivity contribution in [3.05, 3.63) is 90.5 Å². The number of rotatable bonds is 8. The van der Waals surface area contributed by atoms with Crippen LogP contribution >= 0.6 is 12.6 Å². The third-order valence-corrected chi connectivity index (χ3v) is 5.57. The Balaban J connectivity index is 1.90. The molecule has 3 rings (SSSR count). The summed E-state index contributed by atoms with van der Waals surface area (Å²) in [4.78, 5) is 26.5. The van der Waals surface area contributed by atoms with Crippen molar-refractivity contribution in [3.8, 4) is 11.1 Å². The van der Waals surface area contributed by atoms with Crippen molar-refractivity contribution in [2.45, 2.75) is 19.4 Å². The number of hydrogen-bond donors (Lipinski definition) is 2. The van der Waals surface area contributed by atoms with E-state index in [1.165, 1.54) is 11.8 Å². The maximum absolute atomic E-state index is 13.4. The standard InChI is InChI=1S/C25H25NO3S/c1-18(25(28)29)26(24(27)22(17-30)16-19-8-4-2-5-9-19)23-14-12-21(13-15-23)20-10-6-3-7-11-20/h2-15,18,22,30H,16-17H2,1H3,(H,28,29)/t18-,22+/m0/s1. The topological polar surface area (TPSA) is 57.6 Å². The van der Waals surface area contributed by atoms with Crippen LogP contribution in [0.3, 0.4) is 0 Å². The molecule has 30 heavy (non-hydrogen) atoms. The molecule has 0 bridgehead atoms. The molecule has 0 heterocycles. The second-order valence-electron chi connectivity index (χ2n) is 7.20. The van der Waals surface area contributed by atoms with E-state index in [1.54, 1.807) is 12.1 Å². The molecule has 0 saturated carbocycles. The molecule has 0 unspecified atom stereocenters. The molecule has 0 radical (unpaired) electrons. The molecule has 3 aromatic rings. The smallest absolute Gasteiger partial charge is 0.326 e. The average Bonchev–Trinajstić information content (AvgIpc) is 2.79. The quantitative estimate of drug-likeness (QED) is 0.508. The van der Waals surface area contributed by atoms with E-state index >= 15 is 0 Å². The van der Waals surface area contributed by atoms with Gasteiger partial charge in [-0.15, -0.1) is 0 Å². The lowest BCUT2D eigenvalue weighted by Crippen LogP contribution is -2.47. The summed E-state index contributed by atoms with van der Waals surface area (Å²) in [5.41, 5.74) is 3.65. The van der Waals surface area contributed by atoms with E-state index in [0.717, 1.165) is 16.7 Å². The number of benzene rings is 3. The molecular formula is C25H25NO3S. The molecule has 5 heteroatoms. The largest absolute Gasteiger partial charge is 0.480 e. The van der Waals surface area contributed by atoms with Gasteiger partial charge in [-0.2, -0.15) is 12.6 Å². The first-order chi connectivity index (χ1) is 14.5. The van der Waals surface area contributed by atoms with Crippen LogP contribution in [-0.4, -0.2) is 28.8 Å². The van der Waals surface area contributed by atoms with Crippen LogP contribution in [-0.2, 0) is 16.0 Å². The highest BCUT2D eigenvalue weighted by Crippen LogP contribution is 2.26. The molecule has 1 N–H and O–H groups in total. The van der Waals surface area contributed by atoms with Crippen LogP contribution < -0.4 is 4.90 Å². The molecule has 0 aliphatic heterocycles. The number of carbonyl (C=O) groups is 2. The van der Waals surface area contributed by atoms with Gasteiger partial charge in [-0.05, 0) is 42.2 Å². The monoisotopic (exact) mass is 419 g/mol. The van der Waals surface area contributed by atoms with E-state index in [4.69, 9.17) is 0 Å². The molecule has 0 spiro atoms. The fraction of sp³-hybridized carbons (Fsp3) is 0.200. The van der Waals surface area contributed by atoms with Gasteiger partial charge in [0.2, 0.25) is 5.91 Å². The number of aliphatic carboxylic acids is 1. The highest BCUT2D eigenvalue weighted by Gasteiger charge is 2.31. The van der Waals surface area contributed by atoms with E-state index in [0.29, 0.717) is 17.9 Å². The van der Waals surface area contributed by atoms with Gasteiger partial charge in [-0.1, -0.05) is 72.8 Å². The number of amides is 1. The van der Waals surface area contributed by atoms with E-state index in [-0.39, 0.29) is 5.91 Å². The van der Waals surface area contributed by atoms with Crippen molar-refractivity contribution in [1.29, 1.82) is 0 Å². The molecule has 0 aromatic heterocycles. The molecule has 4 nitrogen and oxygen atoms in total. The number of nitrogens with zero attached hydrogens (tertiary/aromatic N) is 1. The third-order valence-electron chi connectivity index (χ3n) is 5.13. The van der Waals surface area contributed by atoms with Gasteiger partial charge in [0.15, 0.2) is 0 Å². The van der Waals surface area contributed by atoms with E-state index in [9.17, 15) is 14.7 Å². The van der Waals surface area contributed by atoms with Gasteiger partial charge in [-0.3, -0.25) is 9.69 Å². The van der Waals surface area contributed by atoms with Crippen LogP contribution in [0.5, 0.6) is 0 Å². The Bertz CT molecular complexity index is 974. The van der Waals surface area contributed by atoms with Gasteiger partial charge < -0.3 is 5.11 Å². The molecule has 0 saturated heterocycles. The van der Waals surface area contributed by atoms with Crippen LogP contribution in [0.15, 0.2) is 84.9 Å². The summed E-state index contributed by atoms with van der Waals surface area (Å²) < 4.78 is 0. The minimum Gasteiger partial charge on any atom is -0.480 e. The zero-order valence-electron chi connectivity index (χ0n) is 16.8. The Kier molecular flexibility index (Phi) is 7.31. The second kappa shape index (κ2) is 10.1. The molecule has 2 atom stereocenters. The SMILES string of the molecule is C[C@@H](C(=O)O)N(C(=O)[C@@H](CS)Cc1ccccc1)c1ccc(-c2ccccc2)cc1. The highest BCUT2D eigenvalue weighted by molar-refractivity contribution is 7.80. The van der Waals surface area contributed by atoms with Crippen LogP contribution in [0.25, 0.3) is 11.1 Å². The van der Waals surface area contributed by atoms with E-state index in [1.807, 2.05) is 72.8 Å². The molecule has 0 aliphatic rings. The minimum absolute atomic E-state index is 0.240. The number of carboxylic acids is 1. The number of carboxylic acid groups (broad SMARTS) is 1. The van der Waals surface area contributed by atoms with Crippen LogP contribution in [0.2, 0.25) is 0 Å². The Hall–Kier alpha value is -3.05. The molecule has 0 aliphatic carbocycles. The zero-order chi connectivity index (χ0) is 21.5. The first kappa shape index (κ1) is 21.7. The molecule has 3 aromatic carbocycles. The van der Waals surface area contributed by atoms with Gasteiger partial charge >= 0.3 is 5.97 Å². The first-order valence-corrected chi connectivity index (χ1v) is 10.5. The molecule has 1 amide bonds. The third kappa shape index (κ3) is 5.10. The Morgan fingerprint density at radius 1 is 0.867 bits per heavy atom. The molecular weight excluding hydrogens is 394 g/mol. The Morgan fingerprint density at radius 2 is 1.40 bits per heavy atom. The first-order valence-electron chi connectivity index (χ1n) is 9.87. The normalized spacial score (nSPS) is 12.7. The zero-order valence-corrected chi connectivity index (χ0v) is 17.7. The lowest BCUT2D eigenvalue weighted by atomic mass is 9.98. The van der Waals surface area contributed by atoms with Crippen molar-refractivity contribution in [1.82, 2.24) is 0 Å². The van der Waals surface area contributed by atoms with E-state index < -0.39 is 17.9 Å². The van der Waals surface area contributed by atoms with Gasteiger partial charge in [0.25, 0.3) is 0 Å². The average molecular weight is 420 g/mol. The number of hydrogen-bond acceptors (Lipinski definition) is 3. The number of carbonyl (C=O) groups excluding carboxylic acids is 1. The summed E-state index contributed by atoms with van der Waals surface area (Å²) in [6, 6.07) is 26.0. The highest BCUT2D eigenvalue weighted by atomic mass is 32.1. The summed E-state index contributed by atoms with van der Waals surface area (Å²) >= 11 is 4.38. The minimum atomic E-state index is -1.05. The second-order valence-corrected chi connectivity index (χ2v) is 7.57. The van der Waals surface area contributed by atoms with Gasteiger partial charge in [0.1, 0.15) is 6.04 Å². The van der Waals surface area contributed by atoms with Crippen LogP contribution in [0, 0.1) is 5.92 Å². The van der Waals surface area contributed by atoms with Crippen molar-refractivity contribution >= 4 is 30.2 Å². The maximum atomic E-state index is 13.4. The van der Waals surface area contributed by atoms with Crippen LogP contribution in [0.4, 0.5) is 5.69 Å². The summed E-state index contributed by atoms with van der Waals surface area (Å²) in [5, 5.41) is 9.63. The molecule has 154 valence electrons. The van der Waals surface area contributed by atoms with Crippen molar-refractivity contribution in [2.75, 3.05) is 10.7 Å². The van der Waals surface area contributed by atoms with Gasteiger partial charge in [-0.25, -0.2) is 4.79 Å². The van der Waals surface area contributed by atoms with Crippen molar-refractivity contribution < 1.29 is 14.7 Å². The lowest BCUT2D eigenvalue weighted by molar-refractivity contribution is -0.140. The fourth-order valence-electron chi connectivity index (χ4n) is 3.42. The van der Waals surface area contributed by atoms with Gasteiger partial charge in [0.05, 0.1) is 5.92 Å². The summed E-state index contributed by atoms with van der Waals surface area (Å²) in [6.07, 6.45) is 0.508. The van der Waals surface area contributed by atoms with Crippen molar-refractivity contribution in [3.63, 3.8) is 0 Å². The van der Waals surface area contributed by atoms with Crippen LogP contribution in [0.1, 0.15) is 12.5 Å². The summed E-state index contributed by atoms with van der Waals surface area (Å²) in [7, 11) is 0. The van der Waals surface area contributed by atoms with Gasteiger partial charge in [0, 0.05) is 11.4 Å². The summed E-state index contributed by atoms with van der Waals surface area (Å²) in [6.45, 7) is 1.53. The predicted octanol–water partition coefficient (Wildman–Crippen LogP) is 4.95. The predicted molar refractivity (Wildman–Crippen MR) is 124 cm³/mol. The van der Waals surface area contributed by atoms with Crippen molar-refractivity contribution in [2.24, 2.45) is 5.92 Å².